The molecule has 4 heteroatoms. The molecule has 92 valence electrons. The Kier molecular flexibility index (Phi) is 3.31. The molecule has 2 rings (SSSR count). The Hall–Kier alpha value is -1.58. The molecule has 0 atom stereocenters. The third-order valence-electron chi connectivity index (χ3n) is 3.34. The van der Waals surface area contributed by atoms with Crippen molar-refractivity contribution in [3.05, 3.63) is 18.3 Å². The highest BCUT2D eigenvalue weighted by Crippen LogP contribution is 2.50. The Bertz CT molecular complexity index is 396. The minimum absolute atomic E-state index is 0.0869. The smallest absolute Gasteiger partial charge is 0.230 e. The summed E-state index contributed by atoms with van der Waals surface area (Å²) in [4.78, 5) is 16.3. The van der Waals surface area contributed by atoms with Crippen molar-refractivity contribution in [2.45, 2.75) is 32.6 Å². The first-order valence-electron chi connectivity index (χ1n) is 6.15. The zero-order valence-corrected chi connectivity index (χ0v) is 10.4. The number of nitrogens with one attached hydrogen (secondary N) is 2. The largest absolute Gasteiger partial charge is 0.373 e. The molecule has 0 unspecified atom stereocenters. The number of anilines is 2. The van der Waals surface area contributed by atoms with Gasteiger partial charge in [-0.2, -0.15) is 0 Å². The lowest BCUT2D eigenvalue weighted by atomic mass is 10.00. The zero-order chi connectivity index (χ0) is 12.3. The van der Waals surface area contributed by atoms with Gasteiger partial charge in [-0.05, 0) is 31.4 Å². The Balaban J connectivity index is 1.98. The van der Waals surface area contributed by atoms with Crippen LogP contribution in [0, 0.1) is 5.41 Å². The number of rotatable bonds is 5. The van der Waals surface area contributed by atoms with Crippen LogP contribution in [0.15, 0.2) is 18.3 Å². The molecular weight excluding hydrogens is 214 g/mol. The molecule has 1 fully saturated rings. The molecule has 0 saturated heterocycles. The molecule has 1 saturated carbocycles. The van der Waals surface area contributed by atoms with E-state index in [-0.39, 0.29) is 11.3 Å². The van der Waals surface area contributed by atoms with Crippen molar-refractivity contribution in [2.75, 3.05) is 17.7 Å². The molecule has 1 aliphatic carbocycles. The van der Waals surface area contributed by atoms with E-state index in [0.29, 0.717) is 0 Å². The maximum Gasteiger partial charge on any atom is 0.230 e. The average Bonchev–Trinajstić information content (AvgIpc) is 3.12. The maximum atomic E-state index is 12.1. The molecule has 1 aliphatic rings. The minimum atomic E-state index is -0.0869. The lowest BCUT2D eigenvalue weighted by molar-refractivity contribution is -0.121. The van der Waals surface area contributed by atoms with Gasteiger partial charge < -0.3 is 10.6 Å². The van der Waals surface area contributed by atoms with E-state index >= 15 is 0 Å². The van der Waals surface area contributed by atoms with Crippen LogP contribution in [0.4, 0.5) is 11.5 Å². The van der Waals surface area contributed by atoms with Crippen molar-refractivity contribution in [3.63, 3.8) is 0 Å². The maximum absolute atomic E-state index is 12.1. The van der Waals surface area contributed by atoms with E-state index in [1.165, 1.54) is 0 Å². The van der Waals surface area contributed by atoms with Gasteiger partial charge in [-0.1, -0.05) is 13.3 Å². The van der Waals surface area contributed by atoms with E-state index in [0.717, 1.165) is 37.2 Å². The van der Waals surface area contributed by atoms with Crippen LogP contribution >= 0.6 is 0 Å². The fourth-order valence-electron chi connectivity index (χ4n) is 2.10. The van der Waals surface area contributed by atoms with Crippen LogP contribution in [0.3, 0.4) is 0 Å². The van der Waals surface area contributed by atoms with Gasteiger partial charge in [-0.25, -0.2) is 4.98 Å². The van der Waals surface area contributed by atoms with E-state index in [1.54, 1.807) is 6.20 Å². The molecule has 0 bridgehead atoms. The number of aromatic nitrogens is 1. The first-order chi connectivity index (χ1) is 8.20. The van der Waals surface area contributed by atoms with Crippen LogP contribution in [0.2, 0.25) is 0 Å². The molecule has 1 amide bonds. The second-order valence-electron chi connectivity index (χ2n) is 4.67. The number of hydrogen-bond acceptors (Lipinski definition) is 3. The molecule has 17 heavy (non-hydrogen) atoms. The highest BCUT2D eigenvalue weighted by Gasteiger charge is 2.48. The first kappa shape index (κ1) is 11.9. The van der Waals surface area contributed by atoms with Crippen LogP contribution in [-0.2, 0) is 4.79 Å². The van der Waals surface area contributed by atoms with Gasteiger partial charge in [-0.15, -0.1) is 0 Å². The normalized spacial score (nSPS) is 16.4. The number of carbonyl (C=O) groups is 1. The van der Waals surface area contributed by atoms with Crippen molar-refractivity contribution < 1.29 is 4.79 Å². The van der Waals surface area contributed by atoms with Crippen LogP contribution in [0.25, 0.3) is 0 Å². The zero-order valence-electron chi connectivity index (χ0n) is 10.4. The molecule has 0 aliphatic heterocycles. The number of amides is 1. The predicted octanol–water partition coefficient (Wildman–Crippen LogP) is 2.64. The fraction of sp³-hybridized carbons (Fsp3) is 0.538. The average molecular weight is 233 g/mol. The quantitative estimate of drug-likeness (QED) is 0.822. The van der Waals surface area contributed by atoms with Gasteiger partial charge in [0.15, 0.2) is 0 Å². The molecule has 1 aromatic heterocycles. The number of carbonyl (C=O) groups excluding carboxylic acids is 1. The lowest BCUT2D eigenvalue weighted by Crippen LogP contribution is -2.24. The summed E-state index contributed by atoms with van der Waals surface area (Å²) in [6.07, 6.45) is 5.78. The van der Waals surface area contributed by atoms with E-state index in [9.17, 15) is 4.79 Å². The predicted molar refractivity (Wildman–Crippen MR) is 69.0 cm³/mol. The number of nitrogens with zero attached hydrogens (tertiary/aromatic N) is 1. The summed E-state index contributed by atoms with van der Waals surface area (Å²) in [5.74, 6) is 0.955. The van der Waals surface area contributed by atoms with Gasteiger partial charge in [-0.3, -0.25) is 4.79 Å². The van der Waals surface area contributed by atoms with Crippen molar-refractivity contribution in [3.8, 4) is 0 Å². The molecule has 4 nitrogen and oxygen atoms in total. The Morgan fingerprint density at radius 2 is 2.24 bits per heavy atom. The Morgan fingerprint density at radius 3 is 2.71 bits per heavy atom. The van der Waals surface area contributed by atoms with Crippen LogP contribution in [0.1, 0.15) is 32.6 Å². The third-order valence-corrected chi connectivity index (χ3v) is 3.34. The minimum Gasteiger partial charge on any atom is -0.373 e. The van der Waals surface area contributed by atoms with Gasteiger partial charge in [0.05, 0.1) is 11.9 Å². The van der Waals surface area contributed by atoms with Gasteiger partial charge in [0.1, 0.15) is 5.82 Å². The standard InChI is InChI=1S/C13H19N3O/c1-3-6-13(7-8-13)12(17)16-10-4-5-11(14-2)15-9-10/h4-5,9H,3,6-8H2,1-2H3,(H,14,15)(H,16,17). The van der Waals surface area contributed by atoms with Crippen molar-refractivity contribution in [1.29, 1.82) is 0 Å². The molecule has 0 radical (unpaired) electrons. The number of pyridine rings is 1. The number of hydrogen-bond donors (Lipinski definition) is 2. The molecule has 2 N–H and O–H groups in total. The first-order valence-corrected chi connectivity index (χ1v) is 6.15. The van der Waals surface area contributed by atoms with Crippen LogP contribution in [-0.4, -0.2) is 17.9 Å². The summed E-state index contributed by atoms with van der Waals surface area (Å²) in [6, 6.07) is 3.73. The topological polar surface area (TPSA) is 54.0 Å². The summed E-state index contributed by atoms with van der Waals surface area (Å²) in [7, 11) is 1.82. The molecule has 1 heterocycles. The van der Waals surface area contributed by atoms with E-state index in [2.05, 4.69) is 22.5 Å². The Labute approximate surface area is 102 Å². The van der Waals surface area contributed by atoms with Gasteiger partial charge in [0.2, 0.25) is 5.91 Å². The van der Waals surface area contributed by atoms with Crippen molar-refractivity contribution in [1.82, 2.24) is 4.98 Å². The molecule has 0 spiro atoms. The van der Waals surface area contributed by atoms with E-state index in [4.69, 9.17) is 0 Å². The molecule has 0 aromatic carbocycles. The van der Waals surface area contributed by atoms with Gasteiger partial charge in [0.25, 0.3) is 0 Å². The highest BCUT2D eigenvalue weighted by molar-refractivity contribution is 5.97. The van der Waals surface area contributed by atoms with Gasteiger partial charge >= 0.3 is 0 Å². The summed E-state index contributed by atoms with van der Waals surface area (Å²) >= 11 is 0. The second-order valence-corrected chi connectivity index (χ2v) is 4.67. The molecular formula is C13H19N3O. The van der Waals surface area contributed by atoms with E-state index < -0.39 is 0 Å². The van der Waals surface area contributed by atoms with Crippen molar-refractivity contribution >= 4 is 17.4 Å². The fourth-order valence-corrected chi connectivity index (χ4v) is 2.10. The second kappa shape index (κ2) is 4.73. The SMILES string of the molecule is CCCC1(C(=O)Nc2ccc(NC)nc2)CC1. The van der Waals surface area contributed by atoms with Crippen LogP contribution in [0.5, 0.6) is 0 Å². The summed E-state index contributed by atoms with van der Waals surface area (Å²) < 4.78 is 0. The summed E-state index contributed by atoms with van der Waals surface area (Å²) in [6.45, 7) is 2.12. The van der Waals surface area contributed by atoms with Crippen molar-refractivity contribution in [2.24, 2.45) is 5.41 Å². The molecule has 1 aromatic rings. The van der Waals surface area contributed by atoms with Crippen LogP contribution < -0.4 is 10.6 Å². The van der Waals surface area contributed by atoms with Gasteiger partial charge in [0, 0.05) is 12.5 Å². The van der Waals surface area contributed by atoms with E-state index in [1.807, 2.05) is 19.2 Å². The monoisotopic (exact) mass is 233 g/mol. The summed E-state index contributed by atoms with van der Waals surface area (Å²) in [5, 5.41) is 5.90. The highest BCUT2D eigenvalue weighted by atomic mass is 16.2. The summed E-state index contributed by atoms with van der Waals surface area (Å²) in [5.41, 5.74) is 0.688. The third kappa shape index (κ3) is 2.57. The Morgan fingerprint density at radius 1 is 1.47 bits per heavy atom. The lowest BCUT2D eigenvalue weighted by Gasteiger charge is -2.14.